The number of rotatable bonds is 12. The van der Waals surface area contributed by atoms with Gasteiger partial charge in [0, 0.05) is 11.8 Å². The van der Waals surface area contributed by atoms with Gasteiger partial charge in [-0.3, -0.25) is 9.59 Å². The van der Waals surface area contributed by atoms with Gasteiger partial charge in [0.05, 0.1) is 6.42 Å². The van der Waals surface area contributed by atoms with Gasteiger partial charge in [-0.25, -0.2) is 0 Å². The zero-order valence-corrected chi connectivity index (χ0v) is 12.6. The number of hydrogen-bond acceptors (Lipinski definition) is 2. The fourth-order valence-electron chi connectivity index (χ4n) is 1.84. The molecule has 0 amide bonds. The van der Waals surface area contributed by atoms with Gasteiger partial charge in [-0.1, -0.05) is 54.5 Å². The van der Waals surface area contributed by atoms with Crippen molar-refractivity contribution in [3.05, 3.63) is 0 Å². The highest BCUT2D eigenvalue weighted by atomic mass is 79.9. The lowest BCUT2D eigenvalue weighted by Gasteiger charge is -2.01. The molecule has 0 saturated carbocycles. The predicted octanol–water partition coefficient (Wildman–Crippen LogP) is 4.44. The highest BCUT2D eigenvalue weighted by molar-refractivity contribution is 9.09. The molecule has 0 rings (SSSR count). The summed E-state index contributed by atoms with van der Waals surface area (Å²) in [6.45, 7) is 1.48. The first-order chi connectivity index (χ1) is 8.16. The normalized spacial score (nSPS) is 10.5. The molecular formula is C14H25BrO2. The number of Topliss-reactive ketones (excluding diaryl/α,β-unsaturated/α-hetero) is 2. The van der Waals surface area contributed by atoms with E-state index in [0.29, 0.717) is 6.42 Å². The van der Waals surface area contributed by atoms with Gasteiger partial charge >= 0.3 is 0 Å². The van der Waals surface area contributed by atoms with E-state index in [1.54, 1.807) is 0 Å². The third-order valence-corrected chi connectivity index (χ3v) is 3.35. The molecule has 2 nitrogen and oxygen atoms in total. The summed E-state index contributed by atoms with van der Waals surface area (Å²) in [4.78, 5) is 21.9. The van der Waals surface area contributed by atoms with Crippen molar-refractivity contribution in [2.45, 2.75) is 71.1 Å². The molecule has 17 heavy (non-hydrogen) atoms. The Bertz CT molecular complexity index is 214. The van der Waals surface area contributed by atoms with Crippen LogP contribution in [0.2, 0.25) is 0 Å². The molecule has 0 unspecified atom stereocenters. The van der Waals surface area contributed by atoms with E-state index in [9.17, 15) is 9.59 Å². The minimum Gasteiger partial charge on any atom is -0.300 e. The van der Waals surface area contributed by atoms with Gasteiger partial charge in [0.15, 0.2) is 0 Å². The van der Waals surface area contributed by atoms with Crippen LogP contribution in [-0.2, 0) is 9.59 Å². The number of ketones is 2. The molecule has 0 saturated heterocycles. The van der Waals surface area contributed by atoms with E-state index >= 15 is 0 Å². The molecule has 0 radical (unpaired) electrons. The first-order valence-electron chi connectivity index (χ1n) is 6.74. The third kappa shape index (κ3) is 13.8. The predicted molar refractivity (Wildman–Crippen MR) is 75.7 cm³/mol. The highest BCUT2D eigenvalue weighted by Gasteiger charge is 2.04. The largest absolute Gasteiger partial charge is 0.300 e. The summed E-state index contributed by atoms with van der Waals surface area (Å²) < 4.78 is 0. The lowest BCUT2D eigenvalue weighted by molar-refractivity contribution is -0.125. The van der Waals surface area contributed by atoms with E-state index in [-0.39, 0.29) is 18.0 Å². The van der Waals surface area contributed by atoms with Crippen LogP contribution in [0.1, 0.15) is 71.1 Å². The second-order valence-electron chi connectivity index (χ2n) is 4.68. The van der Waals surface area contributed by atoms with Crippen molar-refractivity contribution in [2.75, 3.05) is 5.33 Å². The summed E-state index contributed by atoms with van der Waals surface area (Å²) >= 11 is 3.43. The van der Waals surface area contributed by atoms with Gasteiger partial charge in [-0.2, -0.15) is 0 Å². The fraction of sp³-hybridized carbons (Fsp3) is 0.857. The Balaban J connectivity index is 3.13. The Hall–Kier alpha value is -0.180. The average molecular weight is 305 g/mol. The van der Waals surface area contributed by atoms with Crippen LogP contribution in [0.25, 0.3) is 0 Å². The summed E-state index contributed by atoms with van der Waals surface area (Å²) in [6, 6.07) is 0. The Labute approximate surface area is 114 Å². The van der Waals surface area contributed by atoms with Gasteiger partial charge < -0.3 is 0 Å². The SMILES string of the molecule is CC(=O)CC(=O)CCCCCCCCCCBr. The smallest absolute Gasteiger partial charge is 0.140 e. The summed E-state index contributed by atoms with van der Waals surface area (Å²) in [7, 11) is 0. The van der Waals surface area contributed by atoms with Gasteiger partial charge in [0.1, 0.15) is 11.6 Å². The van der Waals surface area contributed by atoms with E-state index in [4.69, 9.17) is 0 Å². The van der Waals surface area contributed by atoms with E-state index < -0.39 is 0 Å². The molecule has 0 heterocycles. The molecule has 0 bridgehead atoms. The maximum atomic E-state index is 11.2. The van der Waals surface area contributed by atoms with Crippen LogP contribution in [0.3, 0.4) is 0 Å². The minimum atomic E-state index is -0.0122. The summed E-state index contributed by atoms with van der Waals surface area (Å²) in [5, 5.41) is 1.12. The number of halogens is 1. The maximum Gasteiger partial charge on any atom is 0.140 e. The number of hydrogen-bond donors (Lipinski definition) is 0. The Morgan fingerprint density at radius 2 is 1.29 bits per heavy atom. The van der Waals surface area contributed by atoms with E-state index in [1.807, 2.05) is 0 Å². The third-order valence-electron chi connectivity index (χ3n) is 2.79. The van der Waals surface area contributed by atoms with Crippen molar-refractivity contribution < 1.29 is 9.59 Å². The van der Waals surface area contributed by atoms with Crippen LogP contribution in [0.15, 0.2) is 0 Å². The molecule has 0 atom stereocenters. The van der Waals surface area contributed by atoms with Gasteiger partial charge in [-0.05, 0) is 19.8 Å². The van der Waals surface area contributed by atoms with Gasteiger partial charge in [0.25, 0.3) is 0 Å². The summed E-state index contributed by atoms with van der Waals surface area (Å²) in [5.41, 5.74) is 0. The van der Waals surface area contributed by atoms with Crippen molar-refractivity contribution in [1.29, 1.82) is 0 Å². The highest BCUT2D eigenvalue weighted by Crippen LogP contribution is 2.10. The lowest BCUT2D eigenvalue weighted by atomic mass is 10.0. The van der Waals surface area contributed by atoms with Crippen LogP contribution in [0.4, 0.5) is 0 Å². The molecule has 0 aliphatic heterocycles. The summed E-state index contributed by atoms with van der Waals surface area (Å²) in [6.07, 6.45) is 10.5. The number of alkyl halides is 1. The van der Waals surface area contributed by atoms with E-state index in [1.165, 1.54) is 45.4 Å². The molecule has 0 aromatic heterocycles. The first kappa shape index (κ1) is 16.8. The van der Waals surface area contributed by atoms with Crippen molar-refractivity contribution >= 4 is 27.5 Å². The standard InChI is InChI=1S/C14H25BrO2/c1-13(16)12-14(17)10-8-6-4-2-3-5-7-9-11-15/h2-12H2,1H3. The molecule has 0 spiro atoms. The average Bonchev–Trinajstić information content (AvgIpc) is 2.26. The molecular weight excluding hydrogens is 280 g/mol. The topological polar surface area (TPSA) is 34.1 Å². The molecule has 0 fully saturated rings. The summed E-state index contributed by atoms with van der Waals surface area (Å²) in [5.74, 6) is 0.0941. The maximum absolute atomic E-state index is 11.2. The van der Waals surface area contributed by atoms with Crippen molar-refractivity contribution in [3.8, 4) is 0 Å². The van der Waals surface area contributed by atoms with Crippen LogP contribution in [-0.4, -0.2) is 16.9 Å². The van der Waals surface area contributed by atoms with Gasteiger partial charge in [0.2, 0.25) is 0 Å². The van der Waals surface area contributed by atoms with Gasteiger partial charge in [-0.15, -0.1) is 0 Å². The zero-order valence-electron chi connectivity index (χ0n) is 11.0. The zero-order chi connectivity index (χ0) is 12.9. The van der Waals surface area contributed by atoms with Crippen LogP contribution >= 0.6 is 15.9 Å². The second kappa shape index (κ2) is 12.3. The van der Waals surface area contributed by atoms with E-state index in [0.717, 1.165) is 18.2 Å². The minimum absolute atomic E-state index is 0.0122. The van der Waals surface area contributed by atoms with Crippen molar-refractivity contribution in [1.82, 2.24) is 0 Å². The molecule has 100 valence electrons. The molecule has 0 N–H and O–H groups in total. The number of unbranched alkanes of at least 4 members (excludes halogenated alkanes) is 7. The molecule has 0 aliphatic carbocycles. The van der Waals surface area contributed by atoms with E-state index in [2.05, 4.69) is 15.9 Å². The van der Waals surface area contributed by atoms with Crippen LogP contribution < -0.4 is 0 Å². The van der Waals surface area contributed by atoms with Crippen molar-refractivity contribution in [2.24, 2.45) is 0 Å². The Kier molecular flexibility index (Phi) is 12.2. The quantitative estimate of drug-likeness (QED) is 0.303. The van der Waals surface area contributed by atoms with Crippen LogP contribution in [0.5, 0.6) is 0 Å². The Morgan fingerprint density at radius 1 is 0.824 bits per heavy atom. The monoisotopic (exact) mass is 304 g/mol. The first-order valence-corrected chi connectivity index (χ1v) is 7.86. The molecule has 3 heteroatoms. The number of carbonyl (C=O) groups is 2. The second-order valence-corrected chi connectivity index (χ2v) is 5.48. The van der Waals surface area contributed by atoms with Crippen LogP contribution in [0, 0.1) is 0 Å². The molecule has 0 aromatic rings. The Morgan fingerprint density at radius 3 is 1.76 bits per heavy atom. The lowest BCUT2D eigenvalue weighted by Crippen LogP contribution is -2.03. The molecule has 0 aliphatic rings. The molecule has 0 aromatic carbocycles. The number of carbonyl (C=O) groups excluding carboxylic acids is 2. The fourth-order valence-corrected chi connectivity index (χ4v) is 2.24. The van der Waals surface area contributed by atoms with Crippen molar-refractivity contribution in [3.63, 3.8) is 0 Å².